The normalized spacial score (nSPS) is 18.6. The van der Waals surface area contributed by atoms with Crippen molar-refractivity contribution in [1.82, 2.24) is 9.80 Å². The van der Waals surface area contributed by atoms with Crippen LogP contribution in [0.1, 0.15) is 11.1 Å². The molecule has 1 fully saturated rings. The number of hydrogen-bond donors (Lipinski definition) is 0. The average molecular weight is 528 g/mol. The van der Waals surface area contributed by atoms with Crippen LogP contribution < -0.4 is 4.90 Å². The van der Waals surface area contributed by atoms with Crippen molar-refractivity contribution >= 4 is 46.0 Å². The summed E-state index contributed by atoms with van der Waals surface area (Å²) in [5.41, 5.74) is 3.57. The summed E-state index contributed by atoms with van der Waals surface area (Å²) in [6.45, 7) is 2.53. The van der Waals surface area contributed by atoms with E-state index in [0.717, 1.165) is 22.5 Å². The molecule has 0 N–H and O–H groups in total. The molecule has 9 heteroatoms. The molecule has 1 saturated heterocycles. The Morgan fingerprint density at radius 2 is 1.63 bits per heavy atom. The highest BCUT2D eigenvalue weighted by Crippen LogP contribution is 2.34. The second-order valence-electron chi connectivity index (χ2n) is 9.38. The topological polar surface area (TPSA) is 68.6 Å². The number of halogens is 1. The summed E-state index contributed by atoms with van der Waals surface area (Å²) in [4.78, 5) is 41.7. The highest BCUT2D eigenvalue weighted by molar-refractivity contribution is 8.14. The van der Waals surface area contributed by atoms with Crippen LogP contribution in [0.4, 0.5) is 15.8 Å². The maximum atomic E-state index is 13.5. The van der Waals surface area contributed by atoms with Crippen LogP contribution >= 0.6 is 11.8 Å². The highest BCUT2D eigenvalue weighted by Gasteiger charge is 2.41. The van der Waals surface area contributed by atoms with Crippen LogP contribution in [-0.4, -0.2) is 70.6 Å². The third-order valence-corrected chi connectivity index (χ3v) is 7.89. The van der Waals surface area contributed by atoms with Gasteiger partial charge in [0.2, 0.25) is 5.91 Å². The number of piperazine rings is 1. The maximum Gasteiger partial charge on any atom is 0.259 e. The smallest absolute Gasteiger partial charge is 0.259 e. The number of carbonyl (C=O) groups excluding carboxylic acids is 2. The molecule has 3 aliphatic heterocycles. The van der Waals surface area contributed by atoms with Gasteiger partial charge in [0.25, 0.3) is 5.91 Å². The van der Waals surface area contributed by atoms with Gasteiger partial charge in [-0.25, -0.2) is 14.3 Å². The second kappa shape index (κ2) is 10.4. The lowest BCUT2D eigenvalue weighted by Crippen LogP contribution is -2.49. The summed E-state index contributed by atoms with van der Waals surface area (Å²) < 4.78 is 13.3. The molecular weight excluding hydrogens is 501 g/mol. The van der Waals surface area contributed by atoms with Gasteiger partial charge in [-0.3, -0.25) is 14.6 Å². The van der Waals surface area contributed by atoms with Crippen LogP contribution in [0.15, 0.2) is 88.8 Å². The van der Waals surface area contributed by atoms with E-state index < -0.39 is 6.04 Å². The van der Waals surface area contributed by atoms with Gasteiger partial charge in [0.05, 0.1) is 11.4 Å². The number of fused-ring (bicyclic) bond motifs is 3. The van der Waals surface area contributed by atoms with Gasteiger partial charge < -0.3 is 9.80 Å². The van der Waals surface area contributed by atoms with E-state index in [4.69, 9.17) is 9.98 Å². The fraction of sp³-hybridized carbons (Fsp3) is 0.241. The van der Waals surface area contributed by atoms with Crippen molar-refractivity contribution in [2.75, 3.05) is 36.8 Å². The Morgan fingerprint density at radius 3 is 2.39 bits per heavy atom. The largest absolute Gasteiger partial charge is 0.368 e. The Bertz CT molecular complexity index is 1420. The molecule has 0 bridgehead atoms. The van der Waals surface area contributed by atoms with Gasteiger partial charge >= 0.3 is 0 Å². The number of anilines is 1. The van der Waals surface area contributed by atoms with Crippen molar-refractivity contribution < 1.29 is 14.0 Å². The fourth-order valence-corrected chi connectivity index (χ4v) is 5.86. The van der Waals surface area contributed by atoms with Crippen LogP contribution in [0.2, 0.25) is 0 Å². The van der Waals surface area contributed by atoms with Gasteiger partial charge in [-0.2, -0.15) is 0 Å². The molecule has 3 aromatic rings. The standard InChI is InChI=1S/C29H26FN5O2S/c30-21-10-12-22(13-11-21)33-14-16-34(17-15-33)26(36)19-38-29-32-24-9-5-4-8-23(24)27-31-25(28(37)35(27)29)18-20-6-2-1-3-7-20/h1-13,25H,14-19H2/t25-/m0/s1. The minimum Gasteiger partial charge on any atom is -0.368 e. The first-order valence-corrected chi connectivity index (χ1v) is 13.6. The zero-order valence-electron chi connectivity index (χ0n) is 20.7. The number of amides is 2. The molecule has 0 saturated carbocycles. The minimum atomic E-state index is -0.528. The van der Waals surface area contributed by atoms with Crippen LogP contribution in [0.3, 0.4) is 0 Å². The molecule has 3 aromatic carbocycles. The number of carbonyl (C=O) groups is 2. The van der Waals surface area contributed by atoms with Gasteiger partial charge in [0, 0.05) is 43.9 Å². The van der Waals surface area contributed by atoms with Gasteiger partial charge in [-0.05, 0) is 42.0 Å². The van der Waals surface area contributed by atoms with Gasteiger partial charge in [-0.1, -0.05) is 54.2 Å². The van der Waals surface area contributed by atoms with E-state index in [9.17, 15) is 14.0 Å². The van der Waals surface area contributed by atoms with Crippen molar-refractivity contribution in [3.63, 3.8) is 0 Å². The molecule has 192 valence electrons. The van der Waals surface area contributed by atoms with E-state index in [2.05, 4.69) is 4.90 Å². The lowest BCUT2D eigenvalue weighted by molar-refractivity contribution is -0.128. The molecule has 6 rings (SSSR count). The van der Waals surface area contributed by atoms with Crippen molar-refractivity contribution in [2.45, 2.75) is 12.5 Å². The average Bonchev–Trinajstić information content (AvgIpc) is 3.28. The number of aliphatic imine (C=N–C) groups is 2. The molecule has 0 spiro atoms. The van der Waals surface area contributed by atoms with Crippen LogP contribution in [-0.2, 0) is 16.0 Å². The molecule has 0 radical (unpaired) electrons. The zero-order valence-corrected chi connectivity index (χ0v) is 21.5. The lowest BCUT2D eigenvalue weighted by atomic mass is 10.1. The van der Waals surface area contributed by atoms with E-state index in [1.54, 1.807) is 17.0 Å². The van der Waals surface area contributed by atoms with E-state index >= 15 is 0 Å². The number of nitrogens with zero attached hydrogens (tertiary/aromatic N) is 5. The molecule has 0 aliphatic carbocycles. The molecule has 3 heterocycles. The number of benzene rings is 3. The Balaban J connectivity index is 1.14. The van der Waals surface area contributed by atoms with Crippen LogP contribution in [0, 0.1) is 5.82 Å². The highest BCUT2D eigenvalue weighted by atomic mass is 32.2. The van der Waals surface area contributed by atoms with Crippen molar-refractivity contribution in [3.8, 4) is 0 Å². The molecule has 1 atom stereocenters. The quantitative estimate of drug-likeness (QED) is 0.501. The summed E-state index contributed by atoms with van der Waals surface area (Å²) in [6.07, 6.45) is 0.511. The van der Waals surface area contributed by atoms with E-state index in [-0.39, 0.29) is 23.4 Å². The van der Waals surface area contributed by atoms with Gasteiger partial charge in [0.1, 0.15) is 17.7 Å². The maximum absolute atomic E-state index is 13.5. The number of amidine groups is 2. The summed E-state index contributed by atoms with van der Waals surface area (Å²) >= 11 is 1.28. The zero-order chi connectivity index (χ0) is 26.1. The first kappa shape index (κ1) is 24.4. The van der Waals surface area contributed by atoms with Crippen LogP contribution in [0.5, 0.6) is 0 Å². The molecular formula is C29H26FN5O2S. The van der Waals surface area contributed by atoms with Crippen molar-refractivity contribution in [2.24, 2.45) is 9.98 Å². The van der Waals surface area contributed by atoms with E-state index in [0.29, 0.717) is 43.6 Å². The number of para-hydroxylation sites is 1. The van der Waals surface area contributed by atoms with Gasteiger partial charge in [-0.15, -0.1) is 0 Å². The molecule has 0 unspecified atom stereocenters. The first-order valence-electron chi connectivity index (χ1n) is 12.6. The SMILES string of the molecule is O=C(CSC1=Nc2ccccc2C2=N[C@@H](Cc3ccccc3)C(=O)N12)N1CCN(c2ccc(F)cc2)CC1. The molecule has 3 aliphatic rings. The monoisotopic (exact) mass is 527 g/mol. The summed E-state index contributed by atoms with van der Waals surface area (Å²) in [5.74, 6) is 0.400. The molecule has 0 aromatic heterocycles. The number of rotatable bonds is 5. The predicted octanol–water partition coefficient (Wildman–Crippen LogP) is 4.11. The Hall–Kier alpha value is -3.98. The fourth-order valence-electron chi connectivity index (χ4n) is 4.95. The van der Waals surface area contributed by atoms with Crippen molar-refractivity contribution in [3.05, 3.63) is 95.8 Å². The third-order valence-electron chi connectivity index (χ3n) is 6.97. The minimum absolute atomic E-state index is 0.00119. The summed E-state index contributed by atoms with van der Waals surface area (Å²) in [5, 5.41) is 0.487. The van der Waals surface area contributed by atoms with Crippen LogP contribution in [0.25, 0.3) is 0 Å². The Labute approximate surface area is 224 Å². The predicted molar refractivity (Wildman–Crippen MR) is 149 cm³/mol. The van der Waals surface area contributed by atoms with E-state index in [1.807, 2.05) is 59.5 Å². The van der Waals surface area contributed by atoms with Crippen molar-refractivity contribution in [1.29, 1.82) is 0 Å². The number of hydrogen-bond acceptors (Lipinski definition) is 6. The molecule has 7 nitrogen and oxygen atoms in total. The Morgan fingerprint density at radius 1 is 0.921 bits per heavy atom. The first-order chi connectivity index (χ1) is 18.6. The Kier molecular flexibility index (Phi) is 6.68. The molecule has 2 amide bonds. The third kappa shape index (κ3) is 4.81. The lowest BCUT2D eigenvalue weighted by Gasteiger charge is -2.36. The number of thioether (sulfide) groups is 1. The summed E-state index contributed by atoms with van der Waals surface area (Å²) in [7, 11) is 0. The second-order valence-corrected chi connectivity index (χ2v) is 10.3. The summed E-state index contributed by atoms with van der Waals surface area (Å²) in [6, 6.07) is 23.4. The van der Waals surface area contributed by atoms with Gasteiger partial charge in [0.15, 0.2) is 5.17 Å². The molecule has 38 heavy (non-hydrogen) atoms. The van der Waals surface area contributed by atoms with E-state index in [1.165, 1.54) is 23.9 Å².